The van der Waals surface area contributed by atoms with Gasteiger partial charge in [0.05, 0.1) is 22.3 Å². The third kappa shape index (κ3) is 6.60. The van der Waals surface area contributed by atoms with Crippen LogP contribution >= 0.6 is 8.25 Å². The third-order valence-corrected chi connectivity index (χ3v) is 9.74. The van der Waals surface area contributed by atoms with Gasteiger partial charge >= 0.3 is 33.0 Å². The van der Waals surface area contributed by atoms with E-state index in [0.29, 0.717) is 48.5 Å². The molecule has 2 saturated heterocycles. The molecular formula is C35H24F12O5P+. The minimum atomic E-state index is -5.38. The van der Waals surface area contributed by atoms with E-state index in [2.05, 4.69) is 0 Å². The zero-order valence-corrected chi connectivity index (χ0v) is 27.8. The fourth-order valence-electron chi connectivity index (χ4n) is 7.03. The van der Waals surface area contributed by atoms with Crippen LogP contribution in [-0.2, 0) is 59.0 Å². The Labute approximate surface area is 293 Å². The second-order valence-corrected chi connectivity index (χ2v) is 13.3. The molecule has 0 aliphatic carbocycles. The summed E-state index contributed by atoms with van der Waals surface area (Å²) >= 11 is 0. The van der Waals surface area contributed by atoms with Crippen LogP contribution in [0.4, 0.5) is 52.7 Å². The number of hydrogen-bond donors (Lipinski definition) is 0. The first-order chi connectivity index (χ1) is 24.4. The van der Waals surface area contributed by atoms with Gasteiger partial charge in [0.1, 0.15) is 12.2 Å². The molecular weight excluding hydrogens is 759 g/mol. The van der Waals surface area contributed by atoms with E-state index in [1.54, 1.807) is 0 Å². The summed E-state index contributed by atoms with van der Waals surface area (Å²) in [6.45, 7) is 2.15. The molecule has 0 N–H and O–H groups in total. The highest BCUT2D eigenvalue weighted by Gasteiger charge is 2.74. The highest BCUT2D eigenvalue weighted by atomic mass is 31.1. The minimum Gasteiger partial charge on any atom is -0.340 e. The van der Waals surface area contributed by atoms with Crippen LogP contribution in [0.2, 0.25) is 0 Å². The second kappa shape index (κ2) is 12.8. The summed E-state index contributed by atoms with van der Waals surface area (Å²) in [5.41, 5.74) is -18.2. The number of fused-ring (bicyclic) bond motifs is 1. The van der Waals surface area contributed by atoms with Gasteiger partial charge in [-0.25, -0.2) is 0 Å². The Morgan fingerprint density at radius 2 is 0.679 bits per heavy atom. The van der Waals surface area contributed by atoms with E-state index >= 15 is 0 Å². The van der Waals surface area contributed by atoms with E-state index in [1.807, 2.05) is 0 Å². The second-order valence-electron chi connectivity index (χ2n) is 12.5. The van der Waals surface area contributed by atoms with E-state index in [1.165, 1.54) is 0 Å². The Morgan fingerprint density at radius 3 is 0.906 bits per heavy atom. The topological polar surface area (TPSA) is 54.0 Å². The van der Waals surface area contributed by atoms with Crippen molar-refractivity contribution in [1.29, 1.82) is 0 Å². The molecule has 18 heteroatoms. The van der Waals surface area contributed by atoms with Crippen molar-refractivity contribution in [2.45, 2.75) is 67.7 Å². The molecule has 282 valence electrons. The van der Waals surface area contributed by atoms with Crippen molar-refractivity contribution in [3.63, 3.8) is 0 Å². The molecule has 2 heterocycles. The van der Waals surface area contributed by atoms with Gasteiger partial charge in [0.25, 0.3) is 0 Å². The maximum Gasteiger partial charge on any atom is 0.700 e. The van der Waals surface area contributed by atoms with Crippen molar-refractivity contribution >= 4 is 8.25 Å². The maximum absolute atomic E-state index is 14.9. The molecule has 6 rings (SSSR count). The highest BCUT2D eigenvalue weighted by molar-refractivity contribution is 7.33. The molecule has 2 fully saturated rings. The Hall–Kier alpha value is -4.02. The van der Waals surface area contributed by atoms with Crippen molar-refractivity contribution in [3.8, 4) is 0 Å². The molecule has 0 amide bonds. The minimum absolute atomic E-state index is 0.455. The first-order valence-electron chi connectivity index (χ1n) is 15.3. The summed E-state index contributed by atoms with van der Waals surface area (Å²) in [5, 5.41) is 0. The van der Waals surface area contributed by atoms with E-state index in [0.717, 1.165) is 62.4 Å². The van der Waals surface area contributed by atoms with Crippen LogP contribution in [0.15, 0.2) is 97.1 Å². The van der Waals surface area contributed by atoms with Gasteiger partial charge in [-0.15, -0.1) is 0 Å². The maximum atomic E-state index is 14.9. The van der Waals surface area contributed by atoms with Crippen molar-refractivity contribution < 1.29 is 75.8 Å². The first-order valence-corrected chi connectivity index (χ1v) is 16.4. The molecule has 0 aromatic heterocycles. The van der Waals surface area contributed by atoms with Crippen LogP contribution in [-0.4, -0.2) is 18.0 Å². The van der Waals surface area contributed by atoms with Crippen molar-refractivity contribution in [2.75, 3.05) is 0 Å². The van der Waals surface area contributed by atoms with Crippen molar-refractivity contribution in [1.82, 2.24) is 0 Å². The van der Waals surface area contributed by atoms with Crippen molar-refractivity contribution in [3.05, 3.63) is 142 Å². The van der Waals surface area contributed by atoms with Gasteiger partial charge in [0.2, 0.25) is 11.2 Å². The lowest BCUT2D eigenvalue weighted by atomic mass is 9.69. The highest BCUT2D eigenvalue weighted by Crippen LogP contribution is 2.64. The van der Waals surface area contributed by atoms with Crippen LogP contribution in [0.3, 0.4) is 0 Å². The van der Waals surface area contributed by atoms with Gasteiger partial charge in [-0.05, 0) is 38.1 Å². The number of halogens is 12. The lowest BCUT2D eigenvalue weighted by Crippen LogP contribution is -2.55. The first kappa shape index (κ1) is 38.7. The number of alkyl halides is 12. The number of benzene rings is 4. The molecule has 2 aliphatic heterocycles. The van der Waals surface area contributed by atoms with Crippen LogP contribution in [0, 0.1) is 0 Å². The molecule has 0 unspecified atom stereocenters. The Kier molecular flexibility index (Phi) is 9.34. The lowest BCUT2D eigenvalue weighted by Gasteiger charge is -2.41. The standard InChI is InChI=1S/C35H24F12O5P/c1-29(2)49-27-28(50-29)31(21-13-5-9-17-25(21)34(42,43)44,22-14-6-10-18-26(22)35(45,46)47)52-53(48)51-30(27,19-11-3-7-15-23(19)32(36,37)38)20-12-4-8-16-24(20)33(39,40)41/h3-18,27-28H,1-2H3/q+1/t27-,28-/m1/s1. The van der Waals surface area contributed by atoms with Crippen LogP contribution in [0.5, 0.6) is 0 Å². The zero-order valence-electron chi connectivity index (χ0n) is 26.9. The summed E-state index contributed by atoms with van der Waals surface area (Å²) < 4.78 is 216. The van der Waals surface area contributed by atoms with Gasteiger partial charge in [-0.1, -0.05) is 81.8 Å². The third-order valence-electron chi connectivity index (χ3n) is 8.87. The summed E-state index contributed by atoms with van der Waals surface area (Å²) in [4.78, 5) is 0. The molecule has 0 spiro atoms. The normalized spacial score (nSPS) is 21.6. The van der Waals surface area contributed by atoms with E-state index in [-0.39, 0.29) is 0 Å². The molecule has 5 nitrogen and oxygen atoms in total. The molecule has 0 radical (unpaired) electrons. The smallest absolute Gasteiger partial charge is 0.340 e. The monoisotopic (exact) mass is 783 g/mol. The van der Waals surface area contributed by atoms with Gasteiger partial charge in [-0.2, -0.15) is 52.7 Å². The summed E-state index contributed by atoms with van der Waals surface area (Å²) in [6.07, 6.45) is -26.7. The molecule has 4 aromatic rings. The Morgan fingerprint density at radius 1 is 0.453 bits per heavy atom. The zero-order chi connectivity index (χ0) is 39.0. The van der Waals surface area contributed by atoms with Gasteiger partial charge in [0, 0.05) is 26.8 Å². The molecule has 0 saturated carbocycles. The summed E-state index contributed by atoms with van der Waals surface area (Å²) in [6, 6.07) is 11.9. The average molecular weight is 784 g/mol. The largest absolute Gasteiger partial charge is 0.700 e. The molecule has 2 atom stereocenters. The lowest BCUT2D eigenvalue weighted by molar-refractivity contribution is -0.178. The van der Waals surface area contributed by atoms with Gasteiger partial charge < -0.3 is 9.47 Å². The summed E-state index contributed by atoms with van der Waals surface area (Å²) in [7, 11) is -4.32. The predicted molar refractivity (Wildman–Crippen MR) is 161 cm³/mol. The molecule has 2 aliphatic rings. The molecule has 0 bridgehead atoms. The van der Waals surface area contributed by atoms with E-state index in [9.17, 15) is 57.3 Å². The van der Waals surface area contributed by atoms with E-state index < -0.39 is 107 Å². The molecule has 53 heavy (non-hydrogen) atoms. The number of ether oxygens (including phenoxy) is 2. The van der Waals surface area contributed by atoms with Crippen molar-refractivity contribution in [2.24, 2.45) is 0 Å². The Bertz CT molecular complexity index is 1780. The van der Waals surface area contributed by atoms with Crippen LogP contribution < -0.4 is 0 Å². The fourth-order valence-corrected chi connectivity index (χ4v) is 8.14. The molecule has 4 aromatic carbocycles. The predicted octanol–water partition coefficient (Wildman–Crippen LogP) is 11.2. The summed E-state index contributed by atoms with van der Waals surface area (Å²) in [5.74, 6) is -2.19. The van der Waals surface area contributed by atoms with Crippen LogP contribution in [0.1, 0.15) is 58.4 Å². The van der Waals surface area contributed by atoms with Gasteiger partial charge in [0.15, 0.2) is 5.79 Å². The Balaban J connectivity index is 1.86. The van der Waals surface area contributed by atoms with E-state index in [4.69, 9.17) is 18.5 Å². The number of rotatable bonds is 4. The number of hydrogen-bond acceptors (Lipinski definition) is 5. The van der Waals surface area contributed by atoms with Gasteiger partial charge in [-0.3, -0.25) is 0 Å². The SMILES string of the molecule is CC1(C)O[C@@H]2[C@@H](O1)C(c1ccccc1C(F)(F)F)(c1ccccc1C(F)(F)F)O[P+](=O)OC2(c1ccccc1C(F)(F)F)c1ccccc1C(F)(F)F. The average Bonchev–Trinajstić information content (AvgIpc) is 3.35. The van der Waals surface area contributed by atoms with Crippen LogP contribution in [0.25, 0.3) is 0 Å². The fraction of sp³-hybridized carbons (Fsp3) is 0.314. The quantitative estimate of drug-likeness (QED) is 0.152.